The molecule has 0 saturated carbocycles. The van der Waals surface area contributed by atoms with Crippen molar-refractivity contribution in [2.75, 3.05) is 17.5 Å². The highest BCUT2D eigenvalue weighted by Crippen LogP contribution is 2.38. The average molecular weight is 440 g/mol. The fourth-order valence-corrected chi connectivity index (χ4v) is 4.37. The third kappa shape index (κ3) is 4.15. The molecule has 10 heteroatoms. The molecule has 0 amide bonds. The topological polar surface area (TPSA) is 90.0 Å². The van der Waals surface area contributed by atoms with Crippen molar-refractivity contribution in [3.63, 3.8) is 0 Å². The third-order valence-electron chi connectivity index (χ3n) is 5.21. The Bertz CT molecular complexity index is 1140. The van der Waals surface area contributed by atoms with E-state index in [0.29, 0.717) is 35.0 Å². The number of rotatable bonds is 7. The van der Waals surface area contributed by atoms with Crippen molar-refractivity contribution >= 4 is 26.6 Å². The van der Waals surface area contributed by atoms with Gasteiger partial charge in [-0.25, -0.2) is 8.42 Å². The number of hydrogen-bond acceptors (Lipinski definition) is 4. The summed E-state index contributed by atoms with van der Waals surface area (Å²) in [5.74, 6) is 0. The number of alkyl halides is 3. The molecule has 3 N–H and O–H groups in total. The van der Waals surface area contributed by atoms with Crippen molar-refractivity contribution in [3.8, 4) is 0 Å². The molecule has 6 nitrogen and oxygen atoms in total. The van der Waals surface area contributed by atoms with Gasteiger partial charge in [-0.15, -0.1) is 0 Å². The maximum Gasteiger partial charge on any atom is 0.416 e. The van der Waals surface area contributed by atoms with Crippen LogP contribution in [0.2, 0.25) is 0 Å². The summed E-state index contributed by atoms with van der Waals surface area (Å²) in [6, 6.07) is 10.1. The Hall–Kier alpha value is -2.59. The zero-order valence-corrected chi connectivity index (χ0v) is 17.4. The third-order valence-corrected chi connectivity index (χ3v) is 5.80. The van der Waals surface area contributed by atoms with Gasteiger partial charge in [0, 0.05) is 5.39 Å². The summed E-state index contributed by atoms with van der Waals surface area (Å²) in [6.07, 6.45) is -0.853. The Kier molecular flexibility index (Phi) is 5.83. The molecule has 0 aliphatic carbocycles. The van der Waals surface area contributed by atoms with Gasteiger partial charge in [0.2, 0.25) is 10.0 Å². The maximum absolute atomic E-state index is 13.0. The van der Waals surface area contributed by atoms with Gasteiger partial charge in [-0.05, 0) is 49.2 Å². The number of halogens is 3. The van der Waals surface area contributed by atoms with Gasteiger partial charge < -0.3 is 5.73 Å². The summed E-state index contributed by atoms with van der Waals surface area (Å²) in [5, 5.41) is 5.09. The lowest BCUT2D eigenvalue weighted by Crippen LogP contribution is -2.37. The number of sulfonamides is 1. The second-order valence-corrected chi connectivity index (χ2v) is 8.92. The number of nitrogens with two attached hydrogens (primary N) is 1. The van der Waals surface area contributed by atoms with Crippen molar-refractivity contribution < 1.29 is 21.6 Å². The van der Waals surface area contributed by atoms with Gasteiger partial charge in [0.1, 0.15) is 0 Å². The molecular formula is C20H23F3N4O2S. The molecule has 1 atom stereocenters. The van der Waals surface area contributed by atoms with E-state index in [4.69, 9.17) is 5.73 Å². The smallest absolute Gasteiger partial charge is 0.330 e. The Balaban J connectivity index is 2.19. The molecule has 30 heavy (non-hydrogen) atoms. The van der Waals surface area contributed by atoms with E-state index in [0.717, 1.165) is 18.4 Å². The van der Waals surface area contributed by atoms with Gasteiger partial charge in [-0.2, -0.15) is 18.3 Å². The largest absolute Gasteiger partial charge is 0.416 e. The molecule has 2 aromatic carbocycles. The first-order chi connectivity index (χ1) is 14.0. The molecule has 0 radical (unpaired) electrons. The molecule has 1 aromatic heterocycles. The Morgan fingerprint density at radius 3 is 2.27 bits per heavy atom. The second-order valence-electron chi connectivity index (χ2n) is 7.17. The quantitative estimate of drug-likeness (QED) is 0.583. The van der Waals surface area contributed by atoms with Crippen molar-refractivity contribution in [2.24, 2.45) is 5.73 Å². The van der Waals surface area contributed by atoms with Crippen LogP contribution in [0.25, 0.3) is 10.9 Å². The van der Waals surface area contributed by atoms with Crippen LogP contribution in [0.4, 0.5) is 18.9 Å². The first-order valence-corrected chi connectivity index (χ1v) is 11.2. The van der Waals surface area contributed by atoms with Crippen LogP contribution in [0.15, 0.2) is 48.7 Å². The van der Waals surface area contributed by atoms with E-state index in [1.54, 1.807) is 29.1 Å². The molecule has 0 aliphatic rings. The molecule has 0 bridgehead atoms. The normalized spacial score (nSPS) is 14.6. The van der Waals surface area contributed by atoms with Crippen LogP contribution in [0.3, 0.4) is 0 Å². The van der Waals surface area contributed by atoms with Gasteiger partial charge in [-0.1, -0.05) is 25.1 Å². The summed E-state index contributed by atoms with van der Waals surface area (Å²) < 4.78 is 66.6. The number of anilines is 1. The van der Waals surface area contributed by atoms with Crippen molar-refractivity contribution in [2.45, 2.75) is 31.5 Å². The second kappa shape index (κ2) is 7.92. The van der Waals surface area contributed by atoms with Crippen LogP contribution < -0.4 is 10.5 Å². The number of fused-ring (bicyclic) bond motifs is 1. The van der Waals surface area contributed by atoms with Gasteiger partial charge >= 0.3 is 6.18 Å². The number of nitrogens with zero attached hydrogens (tertiary/aromatic N) is 2. The maximum atomic E-state index is 13.0. The van der Waals surface area contributed by atoms with Crippen molar-refractivity contribution in [1.29, 1.82) is 0 Å². The molecule has 3 aromatic rings. The highest BCUT2D eigenvalue weighted by molar-refractivity contribution is 7.92. The van der Waals surface area contributed by atoms with Crippen LogP contribution >= 0.6 is 0 Å². The summed E-state index contributed by atoms with van der Waals surface area (Å²) in [4.78, 5) is 0. The first kappa shape index (κ1) is 22.1. The van der Waals surface area contributed by atoms with Crippen LogP contribution in [0.5, 0.6) is 0 Å². The average Bonchev–Trinajstić information content (AvgIpc) is 3.10. The zero-order chi connectivity index (χ0) is 22.2. The molecule has 0 fully saturated rings. The summed E-state index contributed by atoms with van der Waals surface area (Å²) in [5.41, 5.74) is 6.04. The van der Waals surface area contributed by atoms with E-state index in [2.05, 4.69) is 9.82 Å². The van der Waals surface area contributed by atoms with Crippen LogP contribution in [0, 0.1) is 0 Å². The highest BCUT2D eigenvalue weighted by Gasteiger charge is 2.36. The number of nitrogens with one attached hydrogen (secondary N) is 1. The number of hydrogen-bond donors (Lipinski definition) is 2. The van der Waals surface area contributed by atoms with Crippen molar-refractivity contribution in [3.05, 3.63) is 59.8 Å². The van der Waals surface area contributed by atoms with E-state index < -0.39 is 27.3 Å². The minimum absolute atomic E-state index is 0.289. The fraction of sp³-hybridized carbons (Fsp3) is 0.350. The van der Waals surface area contributed by atoms with E-state index in [1.807, 2.05) is 6.92 Å². The lowest BCUT2D eigenvalue weighted by atomic mass is 9.83. The number of aromatic nitrogens is 2. The zero-order valence-electron chi connectivity index (χ0n) is 16.6. The molecule has 1 unspecified atom stereocenters. The summed E-state index contributed by atoms with van der Waals surface area (Å²) in [6.45, 7) is 2.21. The highest BCUT2D eigenvalue weighted by atomic mass is 32.2. The Morgan fingerprint density at radius 2 is 1.73 bits per heavy atom. The summed E-state index contributed by atoms with van der Waals surface area (Å²) in [7, 11) is -3.50. The monoisotopic (exact) mass is 440 g/mol. The first-order valence-electron chi connectivity index (χ1n) is 9.34. The van der Waals surface area contributed by atoms with Crippen LogP contribution in [-0.4, -0.2) is 31.0 Å². The Morgan fingerprint density at radius 1 is 1.10 bits per heavy atom. The molecule has 0 aliphatic heterocycles. The molecule has 1 heterocycles. The van der Waals surface area contributed by atoms with Gasteiger partial charge in [0.15, 0.2) is 0 Å². The molecule has 0 saturated heterocycles. The Labute approximate surface area is 172 Å². The molecular weight excluding hydrogens is 417 g/mol. The lowest BCUT2D eigenvalue weighted by molar-refractivity contribution is -0.137. The van der Waals surface area contributed by atoms with Gasteiger partial charge in [0.05, 0.1) is 34.8 Å². The fourth-order valence-electron chi connectivity index (χ4n) is 3.79. The summed E-state index contributed by atoms with van der Waals surface area (Å²) >= 11 is 0. The minimum atomic E-state index is -4.42. The van der Waals surface area contributed by atoms with Crippen LogP contribution in [-0.2, 0) is 21.7 Å². The van der Waals surface area contributed by atoms with E-state index in [-0.39, 0.29) is 6.54 Å². The van der Waals surface area contributed by atoms with Crippen molar-refractivity contribution in [1.82, 2.24) is 9.78 Å². The predicted molar refractivity (Wildman–Crippen MR) is 111 cm³/mol. The van der Waals surface area contributed by atoms with E-state index in [1.165, 1.54) is 12.1 Å². The van der Waals surface area contributed by atoms with E-state index >= 15 is 0 Å². The lowest BCUT2D eigenvalue weighted by Gasteiger charge is -2.34. The number of benzene rings is 2. The minimum Gasteiger partial charge on any atom is -0.330 e. The van der Waals surface area contributed by atoms with E-state index in [9.17, 15) is 21.6 Å². The molecule has 3 rings (SSSR count). The molecule has 0 spiro atoms. The van der Waals surface area contributed by atoms with Crippen LogP contribution in [0.1, 0.15) is 30.9 Å². The van der Waals surface area contributed by atoms with Gasteiger partial charge in [-0.3, -0.25) is 9.40 Å². The SMILES string of the molecule is CCC(CCN)(c1ccc(C(F)(F)F)cc1)n1ncc2c(NS(C)(=O)=O)cccc21. The predicted octanol–water partition coefficient (Wildman–Crippen LogP) is 3.93. The molecule has 162 valence electrons. The van der Waals surface area contributed by atoms with Gasteiger partial charge in [0.25, 0.3) is 0 Å². The standard InChI is InChI=1S/C20H23F3N4O2S/c1-3-19(11-12-24,14-7-9-15(10-8-14)20(21,22)23)27-18-6-4-5-17(16(18)13-25-27)26-30(2,28)29/h4-10,13,26H,3,11-12,24H2,1-2H3.